The zero-order valence-electron chi connectivity index (χ0n) is 12.8. The van der Waals surface area contributed by atoms with Crippen LogP contribution in [0.2, 0.25) is 0 Å². The summed E-state index contributed by atoms with van der Waals surface area (Å²) < 4.78 is 1.49. The van der Waals surface area contributed by atoms with E-state index in [1.807, 2.05) is 20.8 Å². The van der Waals surface area contributed by atoms with Crippen LogP contribution in [0.1, 0.15) is 32.4 Å². The molecule has 1 aromatic rings. The number of hydrogen-bond donors (Lipinski definition) is 2. The van der Waals surface area contributed by atoms with Crippen molar-refractivity contribution >= 4 is 12.0 Å². The van der Waals surface area contributed by atoms with Crippen LogP contribution in [-0.2, 0) is 11.8 Å². The lowest BCUT2D eigenvalue weighted by molar-refractivity contribution is -0.139. The van der Waals surface area contributed by atoms with E-state index in [9.17, 15) is 14.7 Å². The maximum Gasteiger partial charge on any atom is 0.331 e. The van der Waals surface area contributed by atoms with Crippen molar-refractivity contribution in [2.75, 3.05) is 6.54 Å². The molecule has 1 rings (SSSR count). The number of carboxylic acid groups (broad SMARTS) is 1. The van der Waals surface area contributed by atoms with Gasteiger partial charge in [-0.25, -0.2) is 9.59 Å². The largest absolute Gasteiger partial charge is 0.479 e. The minimum atomic E-state index is -1.14. The molecule has 7 nitrogen and oxygen atoms in total. The van der Waals surface area contributed by atoms with E-state index in [4.69, 9.17) is 0 Å². The molecule has 1 atom stereocenters. The fraction of sp³-hybridized carbons (Fsp3) is 0.500. The van der Waals surface area contributed by atoms with E-state index in [0.717, 1.165) is 0 Å². The van der Waals surface area contributed by atoms with Crippen molar-refractivity contribution in [1.82, 2.24) is 20.0 Å². The molecule has 1 unspecified atom stereocenters. The van der Waals surface area contributed by atoms with Gasteiger partial charge in [0.05, 0.1) is 6.20 Å². The summed E-state index contributed by atoms with van der Waals surface area (Å²) >= 11 is 0. The first kappa shape index (κ1) is 16.7. The molecule has 0 aliphatic carbocycles. The molecule has 0 saturated carbocycles. The average molecular weight is 294 g/mol. The van der Waals surface area contributed by atoms with Gasteiger partial charge in [-0.3, -0.25) is 4.68 Å². The SMILES string of the molecule is C=CCN(C(=O)NC(C(=O)O)c1cnn(C)c1)C(C)(C)C. The normalized spacial score (nSPS) is 12.6. The molecule has 1 aromatic heterocycles. The van der Waals surface area contributed by atoms with Gasteiger partial charge < -0.3 is 15.3 Å². The van der Waals surface area contributed by atoms with Crippen LogP contribution in [0.25, 0.3) is 0 Å². The molecule has 21 heavy (non-hydrogen) atoms. The van der Waals surface area contributed by atoms with Crippen molar-refractivity contribution in [2.45, 2.75) is 32.4 Å². The van der Waals surface area contributed by atoms with Crippen LogP contribution in [0.5, 0.6) is 0 Å². The third-order valence-corrected chi connectivity index (χ3v) is 2.94. The summed E-state index contributed by atoms with van der Waals surface area (Å²) in [6.07, 6.45) is 4.59. The molecule has 0 fully saturated rings. The number of carbonyl (C=O) groups is 2. The number of carbonyl (C=O) groups excluding carboxylic acids is 1. The van der Waals surface area contributed by atoms with Gasteiger partial charge in [0.1, 0.15) is 0 Å². The Labute approximate surface area is 124 Å². The Morgan fingerprint density at radius 1 is 1.57 bits per heavy atom. The van der Waals surface area contributed by atoms with Gasteiger partial charge >= 0.3 is 12.0 Å². The highest BCUT2D eigenvalue weighted by molar-refractivity contribution is 5.84. The first-order valence-corrected chi connectivity index (χ1v) is 6.57. The number of carboxylic acids is 1. The summed E-state index contributed by atoms with van der Waals surface area (Å²) in [5.74, 6) is -1.14. The standard InChI is InChI=1S/C14H22N4O3/c1-6-7-18(14(2,3)4)13(21)16-11(12(19)20)10-8-15-17(5)9-10/h6,8-9,11H,1,7H2,2-5H3,(H,16,21)(H,19,20). The van der Waals surface area contributed by atoms with Gasteiger partial charge in [-0.2, -0.15) is 5.10 Å². The van der Waals surface area contributed by atoms with Gasteiger partial charge in [-0.1, -0.05) is 6.08 Å². The molecule has 0 aromatic carbocycles. The van der Waals surface area contributed by atoms with Gasteiger partial charge in [0.15, 0.2) is 6.04 Å². The van der Waals surface area contributed by atoms with Crippen LogP contribution >= 0.6 is 0 Å². The summed E-state index contributed by atoms with van der Waals surface area (Å²) in [5.41, 5.74) is -0.0261. The highest BCUT2D eigenvalue weighted by atomic mass is 16.4. The molecule has 0 spiro atoms. The Bertz CT molecular complexity index is 531. The van der Waals surface area contributed by atoms with Gasteiger partial charge in [-0.15, -0.1) is 6.58 Å². The number of aromatic nitrogens is 2. The van der Waals surface area contributed by atoms with Gasteiger partial charge in [0.2, 0.25) is 0 Å². The predicted octanol–water partition coefficient (Wildman–Crippen LogP) is 1.54. The minimum Gasteiger partial charge on any atom is -0.479 e. The number of rotatable bonds is 5. The smallest absolute Gasteiger partial charge is 0.331 e. The Kier molecular flexibility index (Phi) is 5.12. The number of aliphatic carboxylic acids is 1. The summed E-state index contributed by atoms with van der Waals surface area (Å²) in [4.78, 5) is 25.3. The highest BCUT2D eigenvalue weighted by Gasteiger charge is 2.30. The predicted molar refractivity (Wildman–Crippen MR) is 78.8 cm³/mol. The second kappa shape index (κ2) is 6.43. The molecule has 2 amide bonds. The van der Waals surface area contributed by atoms with E-state index in [0.29, 0.717) is 12.1 Å². The van der Waals surface area contributed by atoms with Gasteiger partial charge in [-0.05, 0) is 20.8 Å². The monoisotopic (exact) mass is 294 g/mol. The lowest BCUT2D eigenvalue weighted by Gasteiger charge is -2.35. The second-order valence-electron chi connectivity index (χ2n) is 5.74. The number of nitrogens with one attached hydrogen (secondary N) is 1. The molecular weight excluding hydrogens is 272 g/mol. The first-order chi connectivity index (χ1) is 9.66. The van der Waals surface area contributed by atoms with Crippen LogP contribution in [0, 0.1) is 0 Å². The van der Waals surface area contributed by atoms with E-state index < -0.39 is 23.6 Å². The summed E-state index contributed by atoms with van der Waals surface area (Å²) in [5, 5.41) is 15.8. The molecule has 0 bridgehead atoms. The molecule has 2 N–H and O–H groups in total. The van der Waals surface area contributed by atoms with Gasteiger partial charge in [0.25, 0.3) is 0 Å². The number of aryl methyl sites for hydroxylation is 1. The Hall–Kier alpha value is -2.31. The van der Waals surface area contributed by atoms with Crippen molar-refractivity contribution in [2.24, 2.45) is 7.05 Å². The number of hydrogen-bond acceptors (Lipinski definition) is 3. The zero-order valence-corrected chi connectivity index (χ0v) is 12.8. The minimum absolute atomic E-state index is 0.328. The highest BCUT2D eigenvalue weighted by Crippen LogP contribution is 2.17. The van der Waals surface area contributed by atoms with Crippen LogP contribution in [-0.4, -0.2) is 43.9 Å². The van der Waals surface area contributed by atoms with Crippen molar-refractivity contribution in [3.63, 3.8) is 0 Å². The lowest BCUT2D eigenvalue weighted by Crippen LogP contribution is -2.52. The van der Waals surface area contributed by atoms with Crippen molar-refractivity contribution in [3.05, 3.63) is 30.6 Å². The Balaban J connectivity index is 2.95. The van der Waals surface area contributed by atoms with Crippen LogP contribution in [0.4, 0.5) is 4.79 Å². The van der Waals surface area contributed by atoms with Crippen LogP contribution < -0.4 is 5.32 Å². The molecule has 0 radical (unpaired) electrons. The Morgan fingerprint density at radius 3 is 2.57 bits per heavy atom. The Morgan fingerprint density at radius 2 is 2.19 bits per heavy atom. The van der Waals surface area contributed by atoms with E-state index >= 15 is 0 Å². The van der Waals surface area contributed by atoms with E-state index in [2.05, 4.69) is 17.0 Å². The number of urea groups is 1. The summed E-state index contributed by atoms with van der Waals surface area (Å²) in [6.45, 7) is 9.56. The summed E-state index contributed by atoms with van der Waals surface area (Å²) in [6, 6.07) is -1.60. The second-order valence-corrected chi connectivity index (χ2v) is 5.74. The third kappa shape index (κ3) is 4.34. The maximum atomic E-state index is 12.4. The topological polar surface area (TPSA) is 87.5 Å². The van der Waals surface area contributed by atoms with Gasteiger partial charge in [0, 0.05) is 30.9 Å². The lowest BCUT2D eigenvalue weighted by atomic mass is 10.1. The molecule has 116 valence electrons. The van der Waals surface area contributed by atoms with E-state index in [-0.39, 0.29) is 0 Å². The molecule has 0 saturated heterocycles. The van der Waals surface area contributed by atoms with Crippen molar-refractivity contribution in [1.29, 1.82) is 0 Å². The molecule has 7 heteroatoms. The van der Waals surface area contributed by atoms with Crippen molar-refractivity contribution in [3.8, 4) is 0 Å². The maximum absolute atomic E-state index is 12.4. The number of amides is 2. The zero-order chi connectivity index (χ0) is 16.2. The fourth-order valence-electron chi connectivity index (χ4n) is 1.87. The third-order valence-electron chi connectivity index (χ3n) is 2.94. The average Bonchev–Trinajstić information content (AvgIpc) is 2.77. The van der Waals surface area contributed by atoms with Crippen LogP contribution in [0.15, 0.2) is 25.0 Å². The first-order valence-electron chi connectivity index (χ1n) is 6.57. The fourth-order valence-corrected chi connectivity index (χ4v) is 1.87. The van der Waals surface area contributed by atoms with Crippen LogP contribution in [0.3, 0.4) is 0 Å². The summed E-state index contributed by atoms with van der Waals surface area (Å²) in [7, 11) is 1.68. The quantitative estimate of drug-likeness (QED) is 0.806. The van der Waals surface area contributed by atoms with E-state index in [1.165, 1.54) is 15.8 Å². The van der Waals surface area contributed by atoms with Crippen molar-refractivity contribution < 1.29 is 14.7 Å². The molecule has 0 aliphatic rings. The van der Waals surface area contributed by atoms with E-state index in [1.54, 1.807) is 19.3 Å². The molecular formula is C14H22N4O3. The number of nitrogens with zero attached hydrogens (tertiary/aromatic N) is 3. The molecule has 1 heterocycles. The molecule has 0 aliphatic heterocycles.